The molecule has 2 aromatic carbocycles. The van der Waals surface area contributed by atoms with E-state index in [1.54, 1.807) is 12.4 Å². The van der Waals surface area contributed by atoms with Gasteiger partial charge < -0.3 is 0 Å². The van der Waals surface area contributed by atoms with Crippen LogP contribution in [0.4, 0.5) is 13.2 Å². The first-order valence-corrected chi connectivity index (χ1v) is 6.91. The van der Waals surface area contributed by atoms with Crippen LogP contribution in [-0.4, -0.2) is 4.40 Å². The van der Waals surface area contributed by atoms with Crippen LogP contribution in [0.5, 0.6) is 0 Å². The Labute approximate surface area is 128 Å². The van der Waals surface area contributed by atoms with Crippen molar-refractivity contribution in [1.29, 1.82) is 0 Å². The fourth-order valence-electron chi connectivity index (χ4n) is 2.79. The molecule has 0 radical (unpaired) electrons. The third-order valence-corrected chi connectivity index (χ3v) is 3.90. The second-order valence-electron chi connectivity index (χ2n) is 5.30. The Morgan fingerprint density at radius 1 is 0.913 bits per heavy atom. The number of halogens is 3. The molecule has 2 heterocycles. The van der Waals surface area contributed by atoms with Crippen LogP contribution < -0.4 is 10.3 Å². The standard InChI is InChI=1S/C17H10F3N2O/c18-17(19,20)13-4-6-14(7-5-13)22-10-12-3-1-2-11-8-9-21(15(11)12)16(22)23/h1-10H/q+1. The lowest BCUT2D eigenvalue weighted by Gasteiger charge is -2.06. The van der Waals surface area contributed by atoms with Crippen LogP contribution in [0.1, 0.15) is 5.56 Å². The number of nitrogens with zero attached hydrogens (tertiary/aromatic N) is 2. The van der Waals surface area contributed by atoms with Gasteiger partial charge in [-0.2, -0.15) is 26.9 Å². The highest BCUT2D eigenvalue weighted by molar-refractivity contribution is 5.95. The SMILES string of the molecule is O=c1n2ccc3cccc(c[n+]1-c1ccc(C(F)(F)F)cc1)c32. The largest absolute Gasteiger partial charge is 0.508 e. The van der Waals surface area contributed by atoms with Gasteiger partial charge >= 0.3 is 11.9 Å². The number of aromatic nitrogens is 2. The molecule has 114 valence electrons. The summed E-state index contributed by atoms with van der Waals surface area (Å²) >= 11 is 0. The monoisotopic (exact) mass is 315 g/mol. The summed E-state index contributed by atoms with van der Waals surface area (Å²) in [4.78, 5) is 12.6. The fraction of sp³-hybridized carbons (Fsp3) is 0.0588. The smallest absolute Gasteiger partial charge is 0.196 e. The molecule has 4 rings (SSSR count). The average Bonchev–Trinajstić information content (AvgIpc) is 2.96. The molecule has 0 fully saturated rings. The number of hydrogen-bond donors (Lipinski definition) is 0. The van der Waals surface area contributed by atoms with Crippen molar-refractivity contribution in [3.63, 3.8) is 0 Å². The molecule has 0 aliphatic carbocycles. The van der Waals surface area contributed by atoms with Gasteiger partial charge in [-0.3, -0.25) is 0 Å². The maximum Gasteiger partial charge on any atom is 0.508 e. The van der Waals surface area contributed by atoms with Crippen molar-refractivity contribution in [3.05, 3.63) is 77.0 Å². The Bertz CT molecular complexity index is 1070. The highest BCUT2D eigenvalue weighted by Gasteiger charge is 2.30. The molecule has 0 atom stereocenters. The van der Waals surface area contributed by atoms with E-state index in [9.17, 15) is 18.0 Å². The summed E-state index contributed by atoms with van der Waals surface area (Å²) in [5, 5.41) is 1.78. The second kappa shape index (κ2) is 4.55. The van der Waals surface area contributed by atoms with Crippen molar-refractivity contribution in [3.8, 4) is 5.69 Å². The van der Waals surface area contributed by atoms with Gasteiger partial charge in [0.25, 0.3) is 0 Å². The summed E-state index contributed by atoms with van der Waals surface area (Å²) in [6, 6.07) is 12.0. The van der Waals surface area contributed by atoms with Crippen molar-refractivity contribution in [2.75, 3.05) is 0 Å². The zero-order valence-corrected chi connectivity index (χ0v) is 11.7. The molecule has 0 saturated carbocycles. The van der Waals surface area contributed by atoms with Crippen LogP contribution >= 0.6 is 0 Å². The molecule has 0 spiro atoms. The lowest BCUT2D eigenvalue weighted by molar-refractivity contribution is -0.614. The zero-order chi connectivity index (χ0) is 16.2. The van der Waals surface area contributed by atoms with E-state index in [2.05, 4.69) is 0 Å². The molecule has 0 bridgehead atoms. The van der Waals surface area contributed by atoms with Crippen molar-refractivity contribution in [2.24, 2.45) is 0 Å². The fourth-order valence-corrected chi connectivity index (χ4v) is 2.79. The Morgan fingerprint density at radius 3 is 2.30 bits per heavy atom. The van der Waals surface area contributed by atoms with Crippen LogP contribution in [0.2, 0.25) is 0 Å². The minimum atomic E-state index is -4.40. The third kappa shape index (κ3) is 2.06. The molecule has 23 heavy (non-hydrogen) atoms. The van der Waals surface area contributed by atoms with E-state index in [4.69, 9.17) is 0 Å². The van der Waals surface area contributed by atoms with Crippen molar-refractivity contribution >= 4 is 16.3 Å². The number of para-hydroxylation sites is 1. The van der Waals surface area contributed by atoms with E-state index in [1.165, 1.54) is 21.1 Å². The number of rotatable bonds is 1. The van der Waals surface area contributed by atoms with Crippen molar-refractivity contribution in [2.45, 2.75) is 6.18 Å². The maximum absolute atomic E-state index is 12.7. The third-order valence-electron chi connectivity index (χ3n) is 3.90. The van der Waals surface area contributed by atoms with Crippen LogP contribution in [0.25, 0.3) is 22.0 Å². The molecular formula is C17H10F3N2O+. The number of alkyl halides is 3. The lowest BCUT2D eigenvalue weighted by atomic mass is 10.2. The average molecular weight is 315 g/mol. The first-order chi connectivity index (χ1) is 10.9. The van der Waals surface area contributed by atoms with E-state index in [0.29, 0.717) is 5.69 Å². The molecule has 6 heteroatoms. The molecule has 3 nitrogen and oxygen atoms in total. The summed E-state index contributed by atoms with van der Waals surface area (Å²) < 4.78 is 40.8. The van der Waals surface area contributed by atoms with E-state index in [0.717, 1.165) is 28.4 Å². The predicted molar refractivity (Wildman–Crippen MR) is 78.9 cm³/mol. The van der Waals surface area contributed by atoms with Gasteiger partial charge in [-0.05, 0) is 36.4 Å². The summed E-state index contributed by atoms with van der Waals surface area (Å²) in [6.07, 6.45) is -1.08. The topological polar surface area (TPSA) is 25.4 Å². The van der Waals surface area contributed by atoms with Gasteiger partial charge in [0.1, 0.15) is 18.1 Å². The minimum Gasteiger partial charge on any atom is -0.196 e. The van der Waals surface area contributed by atoms with Crippen molar-refractivity contribution < 1.29 is 17.7 Å². The molecule has 0 aliphatic rings. The zero-order valence-electron chi connectivity index (χ0n) is 11.7. The molecule has 4 aromatic rings. The minimum absolute atomic E-state index is 0.321. The quantitative estimate of drug-likeness (QED) is 0.495. The van der Waals surface area contributed by atoms with Crippen molar-refractivity contribution in [1.82, 2.24) is 4.40 Å². The van der Waals surface area contributed by atoms with Crippen LogP contribution in [0.3, 0.4) is 0 Å². The van der Waals surface area contributed by atoms with Gasteiger partial charge in [0, 0.05) is 5.39 Å². The Hall–Kier alpha value is -2.89. The molecule has 0 aliphatic heterocycles. The van der Waals surface area contributed by atoms with E-state index in [1.807, 2.05) is 24.3 Å². The maximum atomic E-state index is 12.7. The van der Waals surface area contributed by atoms with Gasteiger partial charge in [-0.25, -0.2) is 0 Å². The summed E-state index contributed by atoms with van der Waals surface area (Å²) in [6.45, 7) is 0. The van der Waals surface area contributed by atoms with Gasteiger partial charge in [0.05, 0.1) is 10.9 Å². The lowest BCUT2D eigenvalue weighted by Crippen LogP contribution is -2.50. The second-order valence-corrected chi connectivity index (χ2v) is 5.30. The highest BCUT2D eigenvalue weighted by Crippen LogP contribution is 2.29. The number of hydrogen-bond acceptors (Lipinski definition) is 1. The molecule has 0 saturated heterocycles. The Morgan fingerprint density at radius 2 is 1.61 bits per heavy atom. The van der Waals surface area contributed by atoms with Gasteiger partial charge in [-0.15, -0.1) is 0 Å². The van der Waals surface area contributed by atoms with Crippen LogP contribution in [0.15, 0.2) is 65.7 Å². The summed E-state index contributed by atoms with van der Waals surface area (Å²) in [7, 11) is 0. The Kier molecular flexibility index (Phi) is 2.72. The van der Waals surface area contributed by atoms with Gasteiger partial charge in [-0.1, -0.05) is 12.1 Å². The van der Waals surface area contributed by atoms with E-state index < -0.39 is 11.7 Å². The van der Waals surface area contributed by atoms with E-state index in [-0.39, 0.29) is 5.69 Å². The first-order valence-electron chi connectivity index (χ1n) is 6.91. The number of benzene rings is 2. The van der Waals surface area contributed by atoms with Gasteiger partial charge in [0.15, 0.2) is 5.52 Å². The predicted octanol–water partition coefficient (Wildman–Crippen LogP) is 3.19. The first kappa shape index (κ1) is 13.8. The molecule has 0 N–H and O–H groups in total. The Balaban J connectivity index is 1.95. The highest BCUT2D eigenvalue weighted by atomic mass is 19.4. The molecule has 0 unspecified atom stereocenters. The molecule has 0 amide bonds. The molecule has 2 aromatic heterocycles. The van der Waals surface area contributed by atoms with Crippen LogP contribution in [0, 0.1) is 0 Å². The summed E-state index contributed by atoms with van der Waals surface area (Å²) in [5.41, 5.74) is 0.132. The van der Waals surface area contributed by atoms with Crippen LogP contribution in [-0.2, 0) is 6.18 Å². The van der Waals surface area contributed by atoms with Gasteiger partial charge in [0.2, 0.25) is 0 Å². The van der Waals surface area contributed by atoms with E-state index >= 15 is 0 Å². The normalized spacial score (nSPS) is 12.3. The molecular weight excluding hydrogens is 305 g/mol. The summed E-state index contributed by atoms with van der Waals surface area (Å²) in [5.74, 6) is 0.